The van der Waals surface area contributed by atoms with Gasteiger partial charge in [-0.1, -0.05) is 12.1 Å². The van der Waals surface area contributed by atoms with Crippen LogP contribution >= 0.6 is 0 Å². The van der Waals surface area contributed by atoms with Gasteiger partial charge >= 0.3 is 0 Å². The highest BCUT2D eigenvalue weighted by Crippen LogP contribution is 2.39. The molecule has 2 N–H and O–H groups in total. The molecule has 146 valence electrons. The summed E-state index contributed by atoms with van der Waals surface area (Å²) in [6.07, 6.45) is 0.796. The molecule has 0 fully saturated rings. The van der Waals surface area contributed by atoms with Crippen LogP contribution < -0.4 is 24.5 Å². The van der Waals surface area contributed by atoms with Crippen molar-refractivity contribution in [2.45, 2.75) is 13.0 Å². The lowest BCUT2D eigenvalue weighted by atomic mass is 9.92. The number of aromatic nitrogens is 1. The number of methoxy groups -OCH3 is 3. The van der Waals surface area contributed by atoms with Crippen molar-refractivity contribution in [3.8, 4) is 45.7 Å². The van der Waals surface area contributed by atoms with E-state index in [0.717, 1.165) is 40.1 Å². The number of nitrogen functional groups attached to an aromatic ring is 1. The average Bonchev–Trinajstić information content (AvgIpc) is 2.77. The molecule has 2 heterocycles. The number of ether oxygens (including phenoxy) is 3. The van der Waals surface area contributed by atoms with E-state index < -0.39 is 0 Å². The lowest BCUT2D eigenvalue weighted by Gasteiger charge is -2.22. The van der Waals surface area contributed by atoms with Crippen LogP contribution in [0.25, 0.3) is 22.4 Å². The van der Waals surface area contributed by atoms with Crippen molar-refractivity contribution in [2.24, 2.45) is 0 Å². The van der Waals surface area contributed by atoms with E-state index >= 15 is 0 Å². The molecule has 6 nitrogen and oxygen atoms in total. The van der Waals surface area contributed by atoms with Crippen LogP contribution in [0.1, 0.15) is 11.1 Å². The van der Waals surface area contributed by atoms with E-state index in [9.17, 15) is 5.26 Å². The number of fused-ring (bicyclic) bond motifs is 3. The normalized spacial score (nSPS) is 11.8. The van der Waals surface area contributed by atoms with Gasteiger partial charge in [0.2, 0.25) is 0 Å². The molecule has 0 saturated carbocycles. The van der Waals surface area contributed by atoms with Gasteiger partial charge in [0.05, 0.1) is 27.9 Å². The predicted octanol–water partition coefficient (Wildman–Crippen LogP) is 3.34. The van der Waals surface area contributed by atoms with Crippen LogP contribution in [0.15, 0.2) is 42.5 Å². The monoisotopic (exact) mass is 388 g/mol. The van der Waals surface area contributed by atoms with Crippen molar-refractivity contribution in [1.29, 1.82) is 5.26 Å². The summed E-state index contributed by atoms with van der Waals surface area (Å²) in [7, 11) is 4.88. The minimum Gasteiger partial charge on any atom is -0.497 e. The van der Waals surface area contributed by atoms with Gasteiger partial charge in [-0.15, -0.1) is 0 Å². The van der Waals surface area contributed by atoms with Crippen LogP contribution in [0.2, 0.25) is 0 Å². The smallest absolute Gasteiger partial charge is 0.291 e. The van der Waals surface area contributed by atoms with Crippen molar-refractivity contribution in [2.75, 3.05) is 27.1 Å². The van der Waals surface area contributed by atoms with E-state index in [-0.39, 0.29) is 0 Å². The fraction of sp³-hybridized carbons (Fsp3) is 0.217. The molecule has 0 atom stereocenters. The highest BCUT2D eigenvalue weighted by Gasteiger charge is 2.28. The third kappa shape index (κ3) is 3.01. The molecule has 0 spiro atoms. The van der Waals surface area contributed by atoms with E-state index in [2.05, 4.69) is 6.07 Å². The van der Waals surface area contributed by atoms with E-state index in [1.165, 1.54) is 0 Å². The van der Waals surface area contributed by atoms with Crippen LogP contribution in [0.5, 0.6) is 17.2 Å². The maximum absolute atomic E-state index is 9.80. The number of nitrogens with two attached hydrogens (primary N) is 1. The maximum Gasteiger partial charge on any atom is 0.291 e. The van der Waals surface area contributed by atoms with Gasteiger partial charge in [-0.05, 0) is 41.5 Å². The molecule has 0 unspecified atom stereocenters. The predicted molar refractivity (Wildman–Crippen MR) is 110 cm³/mol. The Morgan fingerprint density at radius 1 is 0.931 bits per heavy atom. The first kappa shape index (κ1) is 18.6. The minimum atomic E-state index is 0.469. The van der Waals surface area contributed by atoms with Gasteiger partial charge in [0.15, 0.2) is 11.5 Å². The first-order chi connectivity index (χ1) is 14.1. The summed E-state index contributed by atoms with van der Waals surface area (Å²) in [6, 6.07) is 15.9. The van der Waals surface area contributed by atoms with Crippen molar-refractivity contribution >= 4 is 5.82 Å². The molecule has 1 aliphatic rings. The maximum atomic E-state index is 9.80. The summed E-state index contributed by atoms with van der Waals surface area (Å²) in [5.41, 5.74) is 11.8. The molecular formula is C23H22N3O3+. The van der Waals surface area contributed by atoms with E-state index in [4.69, 9.17) is 19.9 Å². The number of nitrogens with zero attached hydrogens (tertiary/aromatic N) is 2. The van der Waals surface area contributed by atoms with E-state index in [1.54, 1.807) is 21.3 Å². The topological polar surface area (TPSA) is 81.4 Å². The lowest BCUT2D eigenvalue weighted by Crippen LogP contribution is -2.44. The Kier molecular flexibility index (Phi) is 4.73. The van der Waals surface area contributed by atoms with Crippen LogP contribution in [0.3, 0.4) is 0 Å². The zero-order chi connectivity index (χ0) is 20.5. The summed E-state index contributed by atoms with van der Waals surface area (Å²) < 4.78 is 18.2. The molecule has 29 heavy (non-hydrogen) atoms. The number of rotatable bonds is 4. The number of nitriles is 1. The fourth-order valence-corrected chi connectivity index (χ4v) is 3.87. The third-order valence-corrected chi connectivity index (χ3v) is 5.39. The zero-order valence-electron chi connectivity index (χ0n) is 16.7. The SMILES string of the molecule is COc1ccc(-c2cc3[n+](c(N)c2C#N)CCc2cc(OC)c(OC)cc2-3)cc1. The number of pyridine rings is 1. The quantitative estimate of drug-likeness (QED) is 0.693. The van der Waals surface area contributed by atoms with Crippen molar-refractivity contribution in [1.82, 2.24) is 0 Å². The number of benzene rings is 2. The molecule has 4 rings (SSSR count). The molecule has 0 saturated heterocycles. The highest BCUT2D eigenvalue weighted by atomic mass is 16.5. The Hall–Kier alpha value is -3.72. The molecule has 1 aliphatic heterocycles. The van der Waals surface area contributed by atoms with Gasteiger partial charge in [-0.2, -0.15) is 5.26 Å². The summed E-state index contributed by atoms with van der Waals surface area (Å²) in [5, 5.41) is 9.80. The molecule has 0 radical (unpaired) electrons. The first-order valence-electron chi connectivity index (χ1n) is 9.27. The van der Waals surface area contributed by atoms with Crippen LogP contribution in [-0.2, 0) is 13.0 Å². The molecule has 0 aliphatic carbocycles. The molecule has 1 aromatic heterocycles. The van der Waals surface area contributed by atoms with Gasteiger partial charge in [0.1, 0.15) is 23.1 Å². The zero-order valence-corrected chi connectivity index (χ0v) is 16.7. The van der Waals surface area contributed by atoms with Crippen molar-refractivity contribution in [3.05, 3.63) is 53.6 Å². The van der Waals surface area contributed by atoms with Crippen molar-refractivity contribution < 1.29 is 18.8 Å². The Bertz CT molecular complexity index is 1130. The van der Waals surface area contributed by atoms with Crippen LogP contribution in [-0.4, -0.2) is 21.3 Å². The first-order valence-corrected chi connectivity index (χ1v) is 9.27. The largest absolute Gasteiger partial charge is 0.497 e. The second-order valence-electron chi connectivity index (χ2n) is 6.81. The molecular weight excluding hydrogens is 366 g/mol. The summed E-state index contributed by atoms with van der Waals surface area (Å²) in [6.45, 7) is 0.696. The fourth-order valence-electron chi connectivity index (χ4n) is 3.87. The van der Waals surface area contributed by atoms with Crippen LogP contribution in [0, 0.1) is 11.3 Å². The van der Waals surface area contributed by atoms with Gasteiger partial charge in [-0.3, -0.25) is 5.73 Å². The summed E-state index contributed by atoms with van der Waals surface area (Å²) >= 11 is 0. The molecule has 2 aromatic carbocycles. The Balaban J connectivity index is 1.96. The number of anilines is 1. The number of hydrogen-bond acceptors (Lipinski definition) is 5. The second-order valence-corrected chi connectivity index (χ2v) is 6.81. The minimum absolute atomic E-state index is 0.469. The summed E-state index contributed by atoms with van der Waals surface area (Å²) in [4.78, 5) is 0. The Labute approximate surface area is 169 Å². The highest BCUT2D eigenvalue weighted by molar-refractivity contribution is 5.79. The number of aryl methyl sites for hydroxylation is 1. The van der Waals surface area contributed by atoms with Crippen molar-refractivity contribution in [3.63, 3.8) is 0 Å². The van der Waals surface area contributed by atoms with Crippen LogP contribution in [0.4, 0.5) is 5.82 Å². The van der Waals surface area contributed by atoms with Gasteiger partial charge in [-0.25, -0.2) is 4.57 Å². The van der Waals surface area contributed by atoms with E-state index in [1.807, 2.05) is 47.0 Å². The van der Waals surface area contributed by atoms with E-state index in [0.29, 0.717) is 29.4 Å². The Morgan fingerprint density at radius 2 is 1.62 bits per heavy atom. The standard InChI is InChI=1S/C23H21N3O3/c1-27-16-6-4-14(5-7-16)17-11-20-18-12-22(29-3)21(28-2)10-15(18)8-9-26(20)23(25)19(17)13-24/h4-7,10-12,25H,8-9H2,1-3H3/p+1. The van der Waals surface area contributed by atoms with Gasteiger partial charge in [0, 0.05) is 17.5 Å². The molecule has 6 heteroatoms. The average molecular weight is 388 g/mol. The second kappa shape index (κ2) is 7.36. The Morgan fingerprint density at radius 3 is 2.24 bits per heavy atom. The van der Waals surface area contributed by atoms with Gasteiger partial charge in [0.25, 0.3) is 5.82 Å². The summed E-state index contributed by atoms with van der Waals surface area (Å²) in [5.74, 6) is 2.59. The molecule has 0 amide bonds. The lowest BCUT2D eigenvalue weighted by molar-refractivity contribution is -0.673. The third-order valence-electron chi connectivity index (χ3n) is 5.39. The number of hydrogen-bond donors (Lipinski definition) is 1. The van der Waals surface area contributed by atoms with Gasteiger partial charge < -0.3 is 14.2 Å². The molecule has 3 aromatic rings. The molecule has 0 bridgehead atoms.